The molecule has 6 aliphatic heterocycles. The molecule has 0 radical (unpaired) electrons. The second-order valence-electron chi connectivity index (χ2n) is 17.5. The molecule has 340 valence electrons. The van der Waals surface area contributed by atoms with Gasteiger partial charge < -0.3 is 82.4 Å². The van der Waals surface area contributed by atoms with Gasteiger partial charge in [-0.15, -0.1) is 0 Å². The van der Waals surface area contributed by atoms with Crippen LogP contribution in [0.1, 0.15) is 93.1 Å². The molecule has 5 N–H and O–H groups in total. The molecule has 0 aromatic heterocycles. The largest absolute Gasteiger partial charge is 0.506 e. The lowest BCUT2D eigenvalue weighted by Crippen LogP contribution is -2.72. The lowest BCUT2D eigenvalue weighted by Gasteiger charge is -2.52. The monoisotopic (exact) mass is 876 g/mol. The molecule has 6 heterocycles. The zero-order chi connectivity index (χ0) is 44.8. The van der Waals surface area contributed by atoms with E-state index in [0.717, 1.165) is 6.92 Å². The molecule has 5 saturated heterocycles. The van der Waals surface area contributed by atoms with Crippen molar-refractivity contribution in [2.45, 2.75) is 157 Å². The summed E-state index contributed by atoms with van der Waals surface area (Å²) in [6.07, 6.45) is -14.2. The fraction of sp³-hybridized carbons (Fsp3) is 0.690. The van der Waals surface area contributed by atoms with Gasteiger partial charge in [-0.2, -0.15) is 0 Å². The van der Waals surface area contributed by atoms with Crippen molar-refractivity contribution in [2.75, 3.05) is 27.9 Å². The molecule has 15 atom stereocenters. The third-order valence-electron chi connectivity index (χ3n) is 13.7. The topological polar surface area (TPSA) is 266 Å². The van der Waals surface area contributed by atoms with E-state index in [1.165, 1.54) is 42.1 Å². The first kappa shape index (κ1) is 43.6. The van der Waals surface area contributed by atoms with Gasteiger partial charge >= 0.3 is 5.97 Å². The minimum Gasteiger partial charge on any atom is -0.506 e. The molecule has 0 amide bonds. The molecule has 62 heavy (non-hydrogen) atoms. The van der Waals surface area contributed by atoms with Gasteiger partial charge in [0.25, 0.3) is 11.6 Å². The standard InChI is InChI=1S/C42H52O20/c1-15-10-20-27(31(48)29-28(32(20)51-7)22(11-21(45)30(29)47)58-25-13-38(6,49)35(16(2)55-25)57-19(5)44)33-26(15)34-36-41(60-33,39(14-54-39)42(61-34,62-36)37(52-8)53-9)59-24-12-23(46)40(50,17(3)43)18(4)56-24/h10,16,18,21-25,34-37,45-46,48-50H,11-14H2,1-9H3/t16-,18+,21+,22+,23-,24+,25?,34?,35+,36?,38+,39?,40-,41+,42+/m1/s1. The predicted octanol–water partition coefficient (Wildman–Crippen LogP) is 1.16. The average Bonchev–Trinajstić information content (AvgIpc) is 3.86. The van der Waals surface area contributed by atoms with Crippen molar-refractivity contribution in [1.29, 1.82) is 0 Å². The Labute approximate surface area is 355 Å². The molecule has 2 bridgehead atoms. The number of aliphatic hydroxyl groups excluding tert-OH is 2. The minimum absolute atomic E-state index is 0.0211. The highest BCUT2D eigenvalue weighted by Gasteiger charge is 2.94. The molecule has 4 unspecified atom stereocenters. The van der Waals surface area contributed by atoms with Crippen LogP contribution < -0.4 is 9.47 Å². The summed E-state index contributed by atoms with van der Waals surface area (Å²) in [5, 5.41) is 57.6. The van der Waals surface area contributed by atoms with Gasteiger partial charge in [0.1, 0.15) is 35.1 Å². The van der Waals surface area contributed by atoms with Crippen LogP contribution in [0, 0.1) is 6.92 Å². The third-order valence-corrected chi connectivity index (χ3v) is 13.7. The normalized spacial score (nSPS) is 42.8. The fourth-order valence-electron chi connectivity index (χ4n) is 10.8. The van der Waals surface area contributed by atoms with Crippen LogP contribution in [-0.4, -0.2) is 155 Å². The number of carbonyl (C=O) groups is 3. The summed E-state index contributed by atoms with van der Waals surface area (Å²) in [7, 11) is 4.14. The maximum absolute atomic E-state index is 14.1. The van der Waals surface area contributed by atoms with Crippen LogP contribution in [0.25, 0.3) is 10.8 Å². The molecule has 1 spiro atoms. The lowest BCUT2D eigenvalue weighted by molar-refractivity contribution is -0.385. The van der Waals surface area contributed by atoms with Crippen LogP contribution in [-0.2, 0) is 57.0 Å². The Balaban J connectivity index is 1.18. The van der Waals surface area contributed by atoms with Gasteiger partial charge in [0.15, 0.2) is 42.0 Å². The molecular formula is C42H52O20. The number of methoxy groups -OCH3 is 3. The summed E-state index contributed by atoms with van der Waals surface area (Å²) < 4.78 is 74.9. The lowest BCUT2D eigenvalue weighted by atomic mass is 9.77. The zero-order valence-corrected chi connectivity index (χ0v) is 35.6. The number of esters is 1. The number of aromatic hydroxyl groups is 1. The Kier molecular flexibility index (Phi) is 10.2. The molecule has 7 aliphatic rings. The Morgan fingerprint density at radius 2 is 1.68 bits per heavy atom. The highest BCUT2D eigenvalue weighted by molar-refractivity contribution is 6.13. The summed E-state index contributed by atoms with van der Waals surface area (Å²) in [6.45, 7) is 8.56. The van der Waals surface area contributed by atoms with E-state index in [-0.39, 0.29) is 52.8 Å². The summed E-state index contributed by atoms with van der Waals surface area (Å²) in [4.78, 5) is 38.4. The maximum Gasteiger partial charge on any atom is 0.303 e. The van der Waals surface area contributed by atoms with E-state index in [1.807, 2.05) is 0 Å². The first-order valence-electron chi connectivity index (χ1n) is 20.5. The Morgan fingerprint density at radius 1 is 0.984 bits per heavy atom. The van der Waals surface area contributed by atoms with Gasteiger partial charge in [0.2, 0.25) is 11.9 Å². The van der Waals surface area contributed by atoms with Gasteiger partial charge in [0, 0.05) is 56.9 Å². The Morgan fingerprint density at radius 3 is 2.26 bits per heavy atom. The van der Waals surface area contributed by atoms with E-state index in [2.05, 4.69) is 0 Å². The summed E-state index contributed by atoms with van der Waals surface area (Å²) >= 11 is 0. The number of aryl methyl sites for hydroxylation is 1. The number of ether oxygens (including phenoxy) is 12. The van der Waals surface area contributed by atoms with Gasteiger partial charge in [-0.25, -0.2) is 0 Å². The number of hydrogen-bond donors (Lipinski definition) is 5. The van der Waals surface area contributed by atoms with Crippen LogP contribution in [0.4, 0.5) is 0 Å². The Bertz CT molecular complexity index is 2200. The number of ketones is 2. The van der Waals surface area contributed by atoms with Crippen LogP contribution in [0.15, 0.2) is 6.07 Å². The highest BCUT2D eigenvalue weighted by atomic mass is 16.9. The fourth-order valence-corrected chi connectivity index (χ4v) is 10.8. The number of phenols is 1. The zero-order valence-electron chi connectivity index (χ0n) is 35.6. The molecule has 0 saturated carbocycles. The molecular weight excluding hydrogens is 824 g/mol. The van der Waals surface area contributed by atoms with Crippen LogP contribution in [0.3, 0.4) is 0 Å². The van der Waals surface area contributed by atoms with Crippen LogP contribution in [0.2, 0.25) is 0 Å². The van der Waals surface area contributed by atoms with E-state index in [1.54, 1.807) is 19.9 Å². The quantitative estimate of drug-likeness (QED) is 0.127. The van der Waals surface area contributed by atoms with Gasteiger partial charge in [-0.05, 0) is 46.2 Å². The van der Waals surface area contributed by atoms with Crippen molar-refractivity contribution in [2.24, 2.45) is 0 Å². The first-order valence-corrected chi connectivity index (χ1v) is 20.5. The second-order valence-corrected chi connectivity index (χ2v) is 17.5. The number of aliphatic hydroxyl groups is 4. The van der Waals surface area contributed by atoms with Crippen molar-refractivity contribution in [3.05, 3.63) is 28.3 Å². The third kappa shape index (κ3) is 5.69. The van der Waals surface area contributed by atoms with Crippen molar-refractivity contribution >= 4 is 28.3 Å². The molecule has 5 fully saturated rings. The molecule has 2 aromatic rings. The smallest absolute Gasteiger partial charge is 0.303 e. The predicted molar refractivity (Wildman–Crippen MR) is 204 cm³/mol. The second kappa shape index (κ2) is 14.4. The summed E-state index contributed by atoms with van der Waals surface area (Å²) in [5.74, 6) is -6.52. The van der Waals surface area contributed by atoms with Crippen molar-refractivity contribution in [1.82, 2.24) is 0 Å². The molecule has 2 aromatic carbocycles. The van der Waals surface area contributed by atoms with Gasteiger partial charge in [-0.1, -0.05) is 0 Å². The molecule has 9 rings (SSSR count). The van der Waals surface area contributed by atoms with Crippen molar-refractivity contribution in [3.63, 3.8) is 0 Å². The number of benzene rings is 2. The highest BCUT2D eigenvalue weighted by Crippen LogP contribution is 2.72. The maximum atomic E-state index is 14.1. The molecule has 20 heteroatoms. The van der Waals surface area contributed by atoms with Gasteiger partial charge in [0.05, 0.1) is 49.1 Å². The number of carbonyl (C=O) groups excluding carboxylic acids is 3. The number of phenolic OH excluding ortho intramolecular Hbond substituents is 1. The van der Waals surface area contributed by atoms with E-state index >= 15 is 0 Å². The molecule has 1 aliphatic carbocycles. The average molecular weight is 877 g/mol. The number of rotatable bonds is 10. The van der Waals surface area contributed by atoms with Crippen LogP contribution in [0.5, 0.6) is 17.2 Å². The number of hydrogen-bond acceptors (Lipinski definition) is 20. The Hall–Kier alpha value is -3.61. The number of fused-ring (bicyclic) bond motifs is 8. The number of epoxide rings is 1. The summed E-state index contributed by atoms with van der Waals surface area (Å²) in [5.41, 5.74) is -4.74. The SMILES string of the molecule is COc1c2c(c(O)c3c4c(c(C)cc13)C1O[C@@]3(C(OC)OC)OC1[C@](O[C@H]1C[C@@H](O)[C@@](O)(C(C)=O)[C@H](C)O1)(O4)C31CO1)C(=O)[C@@H](O)C[C@@H]2OC1C[C@](C)(O)[C@@H](OC(C)=O)[C@@H](C)O1. The van der Waals surface area contributed by atoms with E-state index < -0.39 is 126 Å². The number of Topliss-reactive ketones (excluding diaryl/α,β-unsaturated/α-hetero) is 2. The molecule has 20 nitrogen and oxygen atoms in total. The van der Waals surface area contributed by atoms with Crippen LogP contribution >= 0.6 is 0 Å². The van der Waals surface area contributed by atoms with Crippen molar-refractivity contribution < 1.29 is 96.8 Å². The first-order chi connectivity index (χ1) is 29.2. The van der Waals surface area contributed by atoms with Crippen molar-refractivity contribution in [3.8, 4) is 17.2 Å². The van der Waals surface area contributed by atoms with E-state index in [9.17, 15) is 39.9 Å². The minimum atomic E-state index is -2.24. The van der Waals surface area contributed by atoms with Gasteiger partial charge in [-0.3, -0.25) is 14.4 Å². The van der Waals surface area contributed by atoms with E-state index in [0.29, 0.717) is 11.1 Å². The summed E-state index contributed by atoms with van der Waals surface area (Å²) in [6, 6.07) is 1.71. The van der Waals surface area contributed by atoms with E-state index in [4.69, 9.17) is 56.8 Å².